The van der Waals surface area contributed by atoms with Crippen molar-refractivity contribution in [2.45, 2.75) is 65.6 Å². The number of ether oxygens (including phenoxy) is 4. The second-order valence-electron chi connectivity index (χ2n) is 8.05. The predicted molar refractivity (Wildman–Crippen MR) is 108 cm³/mol. The van der Waals surface area contributed by atoms with Crippen molar-refractivity contribution in [2.75, 3.05) is 14.2 Å². The summed E-state index contributed by atoms with van der Waals surface area (Å²) in [6.45, 7) is 10.1. The fourth-order valence-electron chi connectivity index (χ4n) is 1.87. The summed E-state index contributed by atoms with van der Waals surface area (Å²) in [7, 11) is 2.35. The van der Waals surface area contributed by atoms with Crippen LogP contribution in [0.2, 0.25) is 0 Å². The Bertz CT molecular complexity index is 637. The van der Waals surface area contributed by atoms with Crippen molar-refractivity contribution < 1.29 is 38.1 Å². The highest BCUT2D eigenvalue weighted by atomic mass is 16.6. The Morgan fingerprint density at radius 2 is 0.967 bits per heavy atom. The van der Waals surface area contributed by atoms with Gasteiger partial charge in [0, 0.05) is 0 Å². The number of rotatable bonds is 7. The number of carbonyl (C=O) groups is 4. The molecule has 0 saturated heterocycles. The summed E-state index contributed by atoms with van der Waals surface area (Å²) in [5.74, 6) is -1.52. The van der Waals surface area contributed by atoms with E-state index in [2.05, 4.69) is 20.1 Å². The highest BCUT2D eigenvalue weighted by Crippen LogP contribution is 2.10. The van der Waals surface area contributed by atoms with Crippen molar-refractivity contribution in [2.24, 2.45) is 0 Å². The van der Waals surface area contributed by atoms with Crippen LogP contribution in [0.25, 0.3) is 0 Å². The van der Waals surface area contributed by atoms with E-state index in [1.807, 2.05) is 0 Å². The maximum atomic E-state index is 11.9. The molecule has 0 saturated carbocycles. The number of nitrogens with one attached hydrogen (secondary N) is 2. The van der Waals surface area contributed by atoms with Crippen molar-refractivity contribution >= 4 is 24.1 Å². The third-order valence-electron chi connectivity index (χ3n) is 2.95. The molecule has 0 aromatic heterocycles. The number of amides is 2. The molecule has 30 heavy (non-hydrogen) atoms. The van der Waals surface area contributed by atoms with Gasteiger partial charge in [0.1, 0.15) is 22.6 Å². The van der Waals surface area contributed by atoms with E-state index < -0.39 is 35.3 Å². The van der Waals surface area contributed by atoms with Crippen LogP contribution in [-0.2, 0) is 28.5 Å². The van der Waals surface area contributed by atoms with Gasteiger partial charge in [-0.1, -0.05) is 12.2 Å². The molecule has 0 fully saturated rings. The molecule has 0 aliphatic heterocycles. The second kappa shape index (κ2) is 11.8. The molecular weight excluding hydrogens is 396 g/mol. The lowest BCUT2D eigenvalue weighted by Gasteiger charge is -2.20. The number of hydrogen-bond donors (Lipinski definition) is 2. The Hall–Kier alpha value is -3.04. The lowest BCUT2D eigenvalue weighted by molar-refractivity contribution is -0.137. The monoisotopic (exact) mass is 428 g/mol. The average Bonchev–Trinajstić information content (AvgIpc) is 2.58. The molecule has 0 aliphatic carbocycles. The zero-order valence-corrected chi connectivity index (χ0v) is 18.8. The number of allylic oxidation sites excluding steroid dienone is 2. The zero-order chi connectivity index (χ0) is 23.5. The van der Waals surface area contributed by atoms with Gasteiger partial charge in [-0.2, -0.15) is 0 Å². The summed E-state index contributed by atoms with van der Waals surface area (Å²) in [6, 6.07) is 0. The van der Waals surface area contributed by atoms with Crippen LogP contribution in [0.5, 0.6) is 0 Å². The standard InChI is InChI=1S/C20H32N2O8/c1-19(2,3)29-17(25)21-13(15(23)27-7)11-9-10-12-14(16(24)28-8)22-18(26)30-20(4,5)6/h11-12H,9-10H2,1-8H3,(H,21,25)(H,22,26)/b13-11-,14-12-. The molecule has 10 nitrogen and oxygen atoms in total. The smallest absolute Gasteiger partial charge is 0.412 e. The van der Waals surface area contributed by atoms with Crippen LogP contribution in [0.1, 0.15) is 54.4 Å². The van der Waals surface area contributed by atoms with Gasteiger partial charge in [-0.05, 0) is 54.4 Å². The molecule has 0 spiro atoms. The lowest BCUT2D eigenvalue weighted by Crippen LogP contribution is -2.34. The summed E-state index contributed by atoms with van der Waals surface area (Å²) in [6.07, 6.45) is 1.67. The van der Waals surface area contributed by atoms with E-state index in [4.69, 9.17) is 9.47 Å². The third-order valence-corrected chi connectivity index (χ3v) is 2.95. The largest absolute Gasteiger partial charge is 0.464 e. The third kappa shape index (κ3) is 12.4. The van der Waals surface area contributed by atoms with Crippen LogP contribution < -0.4 is 10.6 Å². The van der Waals surface area contributed by atoms with E-state index in [-0.39, 0.29) is 24.2 Å². The molecule has 0 aromatic carbocycles. The number of alkyl carbamates (subject to hydrolysis) is 2. The van der Waals surface area contributed by atoms with Gasteiger partial charge < -0.3 is 18.9 Å². The van der Waals surface area contributed by atoms with Gasteiger partial charge in [-0.3, -0.25) is 10.6 Å². The molecule has 0 bridgehead atoms. The minimum atomic E-state index is -0.809. The first kappa shape index (κ1) is 27.0. The number of carbonyl (C=O) groups excluding carboxylic acids is 4. The van der Waals surface area contributed by atoms with Crippen LogP contribution in [0, 0.1) is 0 Å². The first-order valence-corrected chi connectivity index (χ1v) is 9.25. The first-order valence-electron chi connectivity index (χ1n) is 9.25. The van der Waals surface area contributed by atoms with Crippen molar-refractivity contribution in [3.63, 3.8) is 0 Å². The van der Waals surface area contributed by atoms with Crippen LogP contribution in [-0.4, -0.2) is 49.5 Å². The van der Waals surface area contributed by atoms with Crippen molar-refractivity contribution in [1.29, 1.82) is 0 Å². The van der Waals surface area contributed by atoms with E-state index in [0.717, 1.165) is 0 Å². The fraction of sp³-hybridized carbons (Fsp3) is 0.600. The Morgan fingerprint density at radius 3 is 1.20 bits per heavy atom. The average molecular weight is 428 g/mol. The molecule has 0 atom stereocenters. The van der Waals surface area contributed by atoms with Crippen LogP contribution in [0.15, 0.2) is 23.5 Å². The van der Waals surface area contributed by atoms with Crippen LogP contribution in [0.3, 0.4) is 0 Å². The molecule has 0 heterocycles. The molecule has 2 N–H and O–H groups in total. The quantitative estimate of drug-likeness (QED) is 0.274. The molecular formula is C20H32N2O8. The molecule has 0 rings (SSSR count). The van der Waals surface area contributed by atoms with Crippen LogP contribution >= 0.6 is 0 Å². The van der Waals surface area contributed by atoms with Gasteiger partial charge in [0.05, 0.1) is 14.2 Å². The topological polar surface area (TPSA) is 129 Å². The SMILES string of the molecule is COC(=O)/C(=C/CC/C=C(\NC(=O)OC(C)(C)C)C(=O)OC)NC(=O)OC(C)(C)C. The molecule has 2 amide bonds. The molecule has 170 valence electrons. The van der Waals surface area contributed by atoms with Crippen molar-refractivity contribution in [1.82, 2.24) is 10.6 Å². The minimum absolute atomic E-state index is 0.111. The Morgan fingerprint density at radius 1 is 0.667 bits per heavy atom. The van der Waals surface area contributed by atoms with Gasteiger partial charge >= 0.3 is 24.1 Å². The summed E-state index contributed by atoms with van der Waals surface area (Å²) < 4.78 is 19.5. The fourth-order valence-corrected chi connectivity index (χ4v) is 1.87. The van der Waals surface area contributed by atoms with Crippen molar-refractivity contribution in [3.8, 4) is 0 Å². The maximum absolute atomic E-state index is 11.9. The summed E-state index contributed by atoms with van der Waals surface area (Å²) >= 11 is 0. The highest BCUT2D eigenvalue weighted by Gasteiger charge is 2.21. The lowest BCUT2D eigenvalue weighted by atomic mass is 10.2. The number of unbranched alkanes of at least 4 members (excludes halogenated alkanes) is 1. The molecule has 10 heteroatoms. The second-order valence-corrected chi connectivity index (χ2v) is 8.05. The van der Waals surface area contributed by atoms with Gasteiger partial charge in [0.2, 0.25) is 0 Å². The first-order chi connectivity index (χ1) is 13.7. The van der Waals surface area contributed by atoms with Crippen LogP contribution in [0.4, 0.5) is 9.59 Å². The van der Waals surface area contributed by atoms with E-state index >= 15 is 0 Å². The number of methoxy groups -OCH3 is 2. The Kier molecular flexibility index (Phi) is 10.6. The normalized spacial score (nSPS) is 12.5. The Balaban J connectivity index is 5.18. The molecule has 0 unspecified atom stereocenters. The van der Waals surface area contributed by atoms with E-state index in [1.165, 1.54) is 26.4 Å². The van der Waals surface area contributed by atoms with E-state index in [1.54, 1.807) is 41.5 Å². The van der Waals surface area contributed by atoms with E-state index in [0.29, 0.717) is 0 Å². The summed E-state index contributed by atoms with van der Waals surface area (Å²) in [5, 5.41) is 4.66. The van der Waals surface area contributed by atoms with Gasteiger partial charge in [-0.15, -0.1) is 0 Å². The maximum Gasteiger partial charge on any atom is 0.412 e. The van der Waals surface area contributed by atoms with E-state index in [9.17, 15) is 19.2 Å². The summed E-state index contributed by atoms with van der Waals surface area (Å²) in [4.78, 5) is 47.5. The van der Waals surface area contributed by atoms with Crippen molar-refractivity contribution in [3.05, 3.63) is 23.5 Å². The zero-order valence-electron chi connectivity index (χ0n) is 18.8. The predicted octanol–water partition coefficient (Wildman–Crippen LogP) is 2.93. The molecule has 0 aliphatic rings. The number of esters is 2. The summed E-state index contributed by atoms with van der Waals surface area (Å²) in [5.41, 5.74) is -1.70. The Labute approximate surface area is 176 Å². The van der Waals surface area contributed by atoms with Gasteiger partial charge in [-0.25, -0.2) is 19.2 Å². The number of hydrogen-bond acceptors (Lipinski definition) is 8. The van der Waals surface area contributed by atoms with Gasteiger partial charge in [0.25, 0.3) is 0 Å². The highest BCUT2D eigenvalue weighted by molar-refractivity contribution is 5.92. The molecule has 0 radical (unpaired) electrons. The minimum Gasteiger partial charge on any atom is -0.464 e. The van der Waals surface area contributed by atoms with Gasteiger partial charge in [0.15, 0.2) is 0 Å². The molecule has 0 aromatic rings.